The summed E-state index contributed by atoms with van der Waals surface area (Å²) in [5, 5.41) is 4.92. The van der Waals surface area contributed by atoms with Gasteiger partial charge in [-0.15, -0.1) is 0 Å². The molecule has 0 amide bonds. The van der Waals surface area contributed by atoms with Gasteiger partial charge < -0.3 is 14.5 Å². The second kappa shape index (κ2) is 16.0. The van der Waals surface area contributed by atoms with Crippen LogP contribution in [0.3, 0.4) is 0 Å². The van der Waals surface area contributed by atoms with Crippen molar-refractivity contribution in [1.82, 2.24) is 9.80 Å². The van der Waals surface area contributed by atoms with E-state index in [1.807, 2.05) is 0 Å². The highest BCUT2D eigenvalue weighted by atomic mass is 16.5. The van der Waals surface area contributed by atoms with Crippen LogP contribution in [0.4, 0.5) is 11.4 Å². The molecule has 4 aromatic carbocycles. The van der Waals surface area contributed by atoms with Crippen LogP contribution in [0.5, 0.6) is 5.75 Å². The second-order valence-corrected chi connectivity index (χ2v) is 22.2. The van der Waals surface area contributed by atoms with E-state index in [2.05, 4.69) is 162 Å². The highest BCUT2D eigenvalue weighted by Crippen LogP contribution is 2.57. The molecule has 4 aromatic rings. The molecule has 0 N–H and O–H groups in total. The van der Waals surface area contributed by atoms with Crippen LogP contribution >= 0.6 is 0 Å². The summed E-state index contributed by atoms with van der Waals surface area (Å²) >= 11 is 0. The first-order chi connectivity index (χ1) is 31.8. The molecule has 338 valence electrons. The molecule has 11 rings (SSSR count). The Hall–Kier alpha value is -5.60. The molecular formula is C61H68N4O. The number of likely N-dealkylation sites (N-methyl/N-ethyl adjacent to an activating group) is 2. The predicted molar refractivity (Wildman–Crippen MR) is 276 cm³/mol. The van der Waals surface area contributed by atoms with Gasteiger partial charge in [0.15, 0.2) is 0 Å². The molecule has 7 aliphatic rings. The largest absolute Gasteiger partial charge is 0.489 e. The number of fused-ring (bicyclic) bond motifs is 6. The SMILES string of the molecule is C=C(CCc1ccc2ccc3c(c2c1)N=CC1(C3)N(C)C2=C(C#CCC2)C1(C)C)CCC1CC(CCC(=C)COc2ccc3ccc4c(c3c2)N=CC2(C4)N(C)C3=C(C=CCC3)C2(C)C)C1. The van der Waals surface area contributed by atoms with Gasteiger partial charge in [0.05, 0.1) is 22.5 Å². The van der Waals surface area contributed by atoms with Crippen LogP contribution in [0.1, 0.15) is 115 Å². The molecule has 66 heavy (non-hydrogen) atoms. The molecule has 5 nitrogen and oxygen atoms in total. The number of hydrogen-bond donors (Lipinski definition) is 0. The monoisotopic (exact) mass is 873 g/mol. The quantitative estimate of drug-likeness (QED) is 0.105. The second-order valence-electron chi connectivity index (χ2n) is 22.2. The molecule has 2 spiro atoms. The number of rotatable bonds is 12. The minimum atomic E-state index is -0.181. The van der Waals surface area contributed by atoms with E-state index in [-0.39, 0.29) is 21.9 Å². The van der Waals surface area contributed by atoms with E-state index in [1.54, 1.807) is 0 Å². The van der Waals surface area contributed by atoms with E-state index >= 15 is 0 Å². The van der Waals surface area contributed by atoms with Gasteiger partial charge in [0, 0.05) is 84.4 Å². The van der Waals surface area contributed by atoms with Crippen LogP contribution in [-0.2, 0) is 19.3 Å². The first kappa shape index (κ1) is 43.0. The van der Waals surface area contributed by atoms with E-state index in [0.717, 1.165) is 93.2 Å². The van der Waals surface area contributed by atoms with Crippen LogP contribution in [0, 0.1) is 34.5 Å². The molecule has 0 saturated heterocycles. The first-order valence-electron chi connectivity index (χ1n) is 25.0. The maximum absolute atomic E-state index is 6.39. The zero-order chi connectivity index (χ0) is 45.6. The van der Waals surface area contributed by atoms with Gasteiger partial charge in [0.25, 0.3) is 0 Å². The van der Waals surface area contributed by atoms with Crippen molar-refractivity contribution in [3.05, 3.63) is 136 Å². The molecule has 3 aliphatic carbocycles. The average Bonchev–Trinajstić information content (AvgIpc) is 3.58. The van der Waals surface area contributed by atoms with Crippen molar-refractivity contribution >= 4 is 45.3 Å². The number of aliphatic imine (C=N–C) groups is 2. The fourth-order valence-corrected chi connectivity index (χ4v) is 13.3. The zero-order valence-electron chi connectivity index (χ0n) is 40.5. The Morgan fingerprint density at radius 1 is 0.727 bits per heavy atom. The van der Waals surface area contributed by atoms with Crippen LogP contribution in [0.25, 0.3) is 21.5 Å². The Morgan fingerprint density at radius 2 is 1.35 bits per heavy atom. The lowest BCUT2D eigenvalue weighted by Gasteiger charge is -2.47. The fraction of sp³-hybridized carbons (Fsp3) is 0.443. The molecule has 0 bridgehead atoms. The summed E-state index contributed by atoms with van der Waals surface area (Å²) in [5.41, 5.74) is 14.1. The van der Waals surface area contributed by atoms with Gasteiger partial charge in [-0.05, 0) is 139 Å². The highest BCUT2D eigenvalue weighted by molar-refractivity contribution is 6.00. The molecular weight excluding hydrogens is 805 g/mol. The Labute approximate surface area is 394 Å². The number of aryl methyl sites for hydroxylation is 1. The average molecular weight is 873 g/mol. The van der Waals surface area contributed by atoms with Crippen molar-refractivity contribution in [3.8, 4) is 17.6 Å². The van der Waals surface area contributed by atoms with Crippen LogP contribution in [0.15, 0.2) is 130 Å². The number of allylic oxidation sites excluding steroid dienone is 5. The summed E-state index contributed by atoms with van der Waals surface area (Å²) in [7, 11) is 4.54. The third-order valence-electron chi connectivity index (χ3n) is 17.9. The number of benzene rings is 4. The van der Waals surface area contributed by atoms with Gasteiger partial charge >= 0.3 is 0 Å². The zero-order valence-corrected chi connectivity index (χ0v) is 40.5. The van der Waals surface area contributed by atoms with Crippen LogP contribution < -0.4 is 4.74 Å². The normalized spacial score (nSPS) is 26.1. The van der Waals surface area contributed by atoms with Crippen LogP contribution in [0.2, 0.25) is 0 Å². The van der Waals surface area contributed by atoms with Gasteiger partial charge in [-0.25, -0.2) is 0 Å². The Morgan fingerprint density at radius 3 is 2.03 bits per heavy atom. The smallest absolute Gasteiger partial charge is 0.120 e. The van der Waals surface area contributed by atoms with E-state index in [4.69, 9.17) is 14.7 Å². The Bertz CT molecular complexity index is 2940. The van der Waals surface area contributed by atoms with Gasteiger partial charge in [-0.2, -0.15) is 0 Å². The number of hydrogen-bond acceptors (Lipinski definition) is 5. The summed E-state index contributed by atoms with van der Waals surface area (Å²) in [6.45, 7) is 19.1. The molecule has 0 radical (unpaired) electrons. The summed E-state index contributed by atoms with van der Waals surface area (Å²) < 4.78 is 6.39. The fourth-order valence-electron chi connectivity index (χ4n) is 13.3. The predicted octanol–water partition coefficient (Wildman–Crippen LogP) is 14.3. The van der Waals surface area contributed by atoms with Crippen LogP contribution in [-0.4, -0.2) is 54.0 Å². The lowest BCUT2D eigenvalue weighted by Crippen LogP contribution is -2.55. The molecule has 5 heteroatoms. The third-order valence-corrected chi connectivity index (χ3v) is 17.9. The van der Waals surface area contributed by atoms with Crippen molar-refractivity contribution in [2.24, 2.45) is 32.7 Å². The van der Waals surface area contributed by atoms with Crippen molar-refractivity contribution in [2.45, 2.75) is 129 Å². The summed E-state index contributed by atoms with van der Waals surface area (Å²) in [6.07, 6.45) is 24.7. The minimum absolute atomic E-state index is 0.0199. The maximum atomic E-state index is 6.39. The molecule has 2 atom stereocenters. The topological polar surface area (TPSA) is 40.4 Å². The highest BCUT2D eigenvalue weighted by Gasteiger charge is 2.58. The molecule has 1 fully saturated rings. The van der Waals surface area contributed by atoms with Crippen molar-refractivity contribution in [3.63, 3.8) is 0 Å². The van der Waals surface area contributed by atoms with E-state index in [0.29, 0.717) is 6.61 Å². The Kier molecular flexibility index (Phi) is 10.4. The summed E-state index contributed by atoms with van der Waals surface area (Å²) in [5.74, 6) is 9.42. The lowest BCUT2D eigenvalue weighted by molar-refractivity contribution is 0.157. The molecule has 4 heterocycles. The summed E-state index contributed by atoms with van der Waals surface area (Å²) in [4.78, 5) is 15.6. The minimum Gasteiger partial charge on any atom is -0.489 e. The first-order valence-corrected chi connectivity index (χ1v) is 25.0. The van der Waals surface area contributed by atoms with E-state index in [1.165, 1.54) is 97.6 Å². The third kappa shape index (κ3) is 6.79. The van der Waals surface area contributed by atoms with Gasteiger partial charge in [0.2, 0.25) is 0 Å². The molecule has 4 aliphatic heterocycles. The van der Waals surface area contributed by atoms with E-state index in [9.17, 15) is 0 Å². The van der Waals surface area contributed by atoms with Gasteiger partial charge in [0.1, 0.15) is 12.4 Å². The van der Waals surface area contributed by atoms with Crippen molar-refractivity contribution < 1.29 is 4.74 Å². The standard InChI is InChI=1S/C61H68N4O/c1-40(17-20-42-23-24-45-25-27-47-35-60(38-62-56(47)50(45)33-42)58(3,4)52-13-9-11-15-54(52)64(60)7)18-21-43-31-44(32-43)22-19-41(2)37-66-49-30-29-46-26-28-48-36-61(39-63-57(48)51(46)34-49)59(5,6)53-14-10-12-16-55(53)65(61)8/h10,14,23-30,33-34,38-39,43-44H,1-2,11-12,15-22,31-32,35-37H2,3-8H3. The lowest BCUT2D eigenvalue weighted by atomic mass is 9.66. The maximum Gasteiger partial charge on any atom is 0.120 e. The number of nitrogens with zero attached hydrogens (tertiary/aromatic N) is 4. The van der Waals surface area contributed by atoms with E-state index < -0.39 is 0 Å². The molecule has 2 unspecified atom stereocenters. The Balaban J connectivity index is 0.632. The van der Waals surface area contributed by atoms with Crippen molar-refractivity contribution in [2.75, 3.05) is 20.7 Å². The summed E-state index contributed by atoms with van der Waals surface area (Å²) in [6, 6.07) is 22.7. The molecule has 0 aromatic heterocycles. The number of ether oxygens (including phenoxy) is 1. The molecule has 1 saturated carbocycles. The van der Waals surface area contributed by atoms with Gasteiger partial charge in [-0.3, -0.25) is 9.98 Å². The van der Waals surface area contributed by atoms with Crippen molar-refractivity contribution in [1.29, 1.82) is 0 Å². The van der Waals surface area contributed by atoms with Gasteiger partial charge in [-0.1, -0.05) is 113 Å².